The van der Waals surface area contributed by atoms with Crippen LogP contribution in [0.4, 0.5) is 5.69 Å². The maximum absolute atomic E-state index is 13.1. The molecular weight excluding hydrogens is 344 g/mol. The minimum Gasteiger partial charge on any atom is -0.396 e. The molecule has 4 atom stereocenters. The molecule has 1 spiro atoms. The Morgan fingerprint density at radius 3 is 2.88 bits per heavy atom. The van der Waals surface area contributed by atoms with Crippen LogP contribution in [0.1, 0.15) is 6.42 Å². The highest BCUT2D eigenvalue weighted by Crippen LogP contribution is 2.52. The maximum atomic E-state index is 13.1. The van der Waals surface area contributed by atoms with E-state index in [0.717, 1.165) is 5.69 Å². The number of nitrogens with zero attached hydrogens (tertiary/aromatic N) is 1. The van der Waals surface area contributed by atoms with Gasteiger partial charge in [-0.05, 0) is 30.7 Å². The highest BCUT2D eigenvalue weighted by atomic mass is 35.5. The van der Waals surface area contributed by atoms with Gasteiger partial charge in [-0.2, -0.15) is 0 Å². The lowest BCUT2D eigenvalue weighted by atomic mass is 9.77. The van der Waals surface area contributed by atoms with Gasteiger partial charge in [-0.1, -0.05) is 23.8 Å². The zero-order valence-electron chi connectivity index (χ0n) is 13.5. The monoisotopic (exact) mass is 362 g/mol. The fourth-order valence-electron chi connectivity index (χ4n) is 4.05. The lowest BCUT2D eigenvalue weighted by Crippen LogP contribution is -2.44. The molecule has 4 rings (SSSR count). The molecule has 6 nitrogen and oxygen atoms in total. The zero-order valence-corrected chi connectivity index (χ0v) is 14.3. The van der Waals surface area contributed by atoms with Gasteiger partial charge < -0.3 is 20.1 Å². The summed E-state index contributed by atoms with van der Waals surface area (Å²) in [6.07, 6.45) is 3.93. The molecule has 2 saturated heterocycles. The third-order valence-corrected chi connectivity index (χ3v) is 5.43. The second-order valence-electron chi connectivity index (χ2n) is 6.67. The molecule has 0 aromatic heterocycles. The van der Waals surface area contributed by atoms with Crippen molar-refractivity contribution in [2.24, 2.45) is 11.8 Å². The number of carbonyl (C=O) groups is 2. The first-order valence-corrected chi connectivity index (χ1v) is 8.76. The van der Waals surface area contributed by atoms with Crippen LogP contribution in [0.5, 0.6) is 0 Å². The van der Waals surface area contributed by atoms with Crippen LogP contribution in [0, 0.1) is 11.8 Å². The summed E-state index contributed by atoms with van der Waals surface area (Å²) in [5.41, 5.74) is 0.0125. The van der Waals surface area contributed by atoms with Crippen LogP contribution >= 0.6 is 11.6 Å². The second kappa shape index (κ2) is 6.12. The third-order valence-electron chi connectivity index (χ3n) is 5.18. The van der Waals surface area contributed by atoms with E-state index >= 15 is 0 Å². The molecule has 132 valence electrons. The molecule has 3 heterocycles. The van der Waals surface area contributed by atoms with E-state index in [9.17, 15) is 9.59 Å². The van der Waals surface area contributed by atoms with E-state index in [0.29, 0.717) is 24.5 Å². The largest absolute Gasteiger partial charge is 0.396 e. The quantitative estimate of drug-likeness (QED) is 0.608. The summed E-state index contributed by atoms with van der Waals surface area (Å²) in [4.78, 5) is 27.3. The molecule has 25 heavy (non-hydrogen) atoms. The molecule has 0 saturated carbocycles. The minimum atomic E-state index is -0.736. The lowest BCUT2D eigenvalue weighted by Gasteiger charge is -2.23. The highest BCUT2D eigenvalue weighted by molar-refractivity contribution is 6.30. The third kappa shape index (κ3) is 2.56. The van der Waals surface area contributed by atoms with Gasteiger partial charge in [0.15, 0.2) is 0 Å². The molecule has 3 aliphatic heterocycles. The Labute approximate surface area is 150 Å². The Morgan fingerprint density at radius 1 is 1.40 bits per heavy atom. The molecule has 2 bridgehead atoms. The summed E-state index contributed by atoms with van der Waals surface area (Å²) in [6, 6.07) is 7.07. The summed E-state index contributed by atoms with van der Waals surface area (Å²) in [7, 11) is 0. The Balaban J connectivity index is 1.59. The second-order valence-corrected chi connectivity index (χ2v) is 7.11. The number of rotatable bonds is 5. The van der Waals surface area contributed by atoms with Crippen molar-refractivity contribution in [2.45, 2.75) is 18.1 Å². The van der Waals surface area contributed by atoms with Crippen LogP contribution in [0.25, 0.3) is 0 Å². The van der Waals surface area contributed by atoms with Gasteiger partial charge in [0.25, 0.3) is 0 Å². The van der Waals surface area contributed by atoms with E-state index in [1.165, 1.54) is 0 Å². The number of nitrogens with one attached hydrogen (secondary N) is 1. The highest BCUT2D eigenvalue weighted by Gasteiger charge is 2.66. The van der Waals surface area contributed by atoms with E-state index in [1.807, 2.05) is 12.2 Å². The average Bonchev–Trinajstić information content (AvgIpc) is 3.24. The molecular formula is C18H19ClN2O4. The summed E-state index contributed by atoms with van der Waals surface area (Å²) in [5.74, 6) is -1.35. The van der Waals surface area contributed by atoms with Crippen LogP contribution in [0.3, 0.4) is 0 Å². The van der Waals surface area contributed by atoms with Crippen molar-refractivity contribution < 1.29 is 19.4 Å². The number of amides is 2. The molecule has 3 aliphatic rings. The predicted molar refractivity (Wildman–Crippen MR) is 92.2 cm³/mol. The Morgan fingerprint density at radius 2 is 2.16 bits per heavy atom. The number of anilines is 1. The van der Waals surface area contributed by atoms with Crippen LogP contribution < -0.4 is 10.2 Å². The predicted octanol–water partition coefficient (Wildman–Crippen LogP) is 1.12. The molecule has 2 fully saturated rings. The van der Waals surface area contributed by atoms with Gasteiger partial charge in [-0.25, -0.2) is 0 Å². The number of carbonyl (C=O) groups excluding carboxylic acids is 2. The molecule has 2 N–H and O–H groups in total. The topological polar surface area (TPSA) is 78.9 Å². The molecule has 1 aromatic carbocycles. The van der Waals surface area contributed by atoms with Gasteiger partial charge in [-0.15, -0.1) is 0 Å². The van der Waals surface area contributed by atoms with Crippen molar-refractivity contribution in [2.75, 3.05) is 24.6 Å². The molecule has 7 heteroatoms. The van der Waals surface area contributed by atoms with E-state index in [4.69, 9.17) is 21.4 Å². The fourth-order valence-corrected chi connectivity index (χ4v) is 4.17. The first kappa shape index (κ1) is 16.6. The number of aliphatic hydroxyl groups is 1. The first-order valence-electron chi connectivity index (χ1n) is 8.38. The van der Waals surface area contributed by atoms with Crippen molar-refractivity contribution in [3.05, 3.63) is 41.4 Å². The number of halogens is 1. The number of hydrogen-bond donors (Lipinski definition) is 2. The smallest absolute Gasteiger partial charge is 0.234 e. The summed E-state index contributed by atoms with van der Waals surface area (Å²) in [6.45, 7) is 0.796. The van der Waals surface area contributed by atoms with Crippen molar-refractivity contribution in [1.82, 2.24) is 5.32 Å². The van der Waals surface area contributed by atoms with Crippen LogP contribution in [-0.2, 0) is 14.3 Å². The summed E-state index contributed by atoms with van der Waals surface area (Å²) >= 11 is 5.93. The lowest BCUT2D eigenvalue weighted by molar-refractivity contribution is -0.131. The van der Waals surface area contributed by atoms with Crippen LogP contribution in [-0.4, -0.2) is 48.3 Å². The van der Waals surface area contributed by atoms with Crippen LogP contribution in [0.15, 0.2) is 36.4 Å². The number of fused-ring (bicyclic) bond motifs is 1. The SMILES string of the molecule is O=C(NCCCO)[C@H]1[C@H]2C(=O)N(c3ccc(Cl)cc3)C[C@@]23C=C[C@H]1O3. The normalized spacial score (nSPS) is 32.3. The maximum Gasteiger partial charge on any atom is 0.234 e. The first-order chi connectivity index (χ1) is 12.1. The van der Waals surface area contributed by atoms with Crippen molar-refractivity contribution in [1.29, 1.82) is 0 Å². The number of hydrogen-bond acceptors (Lipinski definition) is 4. The van der Waals surface area contributed by atoms with Gasteiger partial charge in [0.05, 0.1) is 24.5 Å². The molecule has 2 amide bonds. The number of benzene rings is 1. The Kier molecular flexibility index (Phi) is 4.06. The number of aliphatic hydroxyl groups excluding tert-OH is 1. The van der Waals surface area contributed by atoms with Crippen molar-refractivity contribution in [3.63, 3.8) is 0 Å². The van der Waals surface area contributed by atoms with E-state index in [1.54, 1.807) is 29.2 Å². The standard InChI is InChI=1S/C18H19ClN2O4/c19-11-2-4-12(5-3-11)21-10-18-7-6-13(25-18)14(15(18)17(21)24)16(23)20-8-1-9-22/h2-7,13-15,22H,1,8-10H2,(H,20,23)/t13-,14-,15+,18+/m1/s1. The molecule has 0 radical (unpaired) electrons. The Hall–Kier alpha value is -1.89. The van der Waals surface area contributed by atoms with Gasteiger partial charge in [0.2, 0.25) is 11.8 Å². The molecule has 0 unspecified atom stereocenters. The van der Waals surface area contributed by atoms with E-state index in [2.05, 4.69) is 5.32 Å². The van der Waals surface area contributed by atoms with Gasteiger partial charge in [-0.3, -0.25) is 9.59 Å². The van der Waals surface area contributed by atoms with Crippen LogP contribution in [0.2, 0.25) is 5.02 Å². The fraction of sp³-hybridized carbons (Fsp3) is 0.444. The zero-order chi connectivity index (χ0) is 17.6. The van der Waals surface area contributed by atoms with Gasteiger partial charge >= 0.3 is 0 Å². The van der Waals surface area contributed by atoms with E-state index < -0.39 is 17.4 Å². The van der Waals surface area contributed by atoms with E-state index in [-0.39, 0.29) is 24.5 Å². The minimum absolute atomic E-state index is 0.0153. The average molecular weight is 363 g/mol. The van der Waals surface area contributed by atoms with Crippen molar-refractivity contribution >= 4 is 29.1 Å². The number of ether oxygens (including phenoxy) is 1. The van der Waals surface area contributed by atoms with Gasteiger partial charge in [0, 0.05) is 23.9 Å². The molecule has 1 aromatic rings. The molecule has 0 aliphatic carbocycles. The van der Waals surface area contributed by atoms with Crippen molar-refractivity contribution in [3.8, 4) is 0 Å². The Bertz CT molecular complexity index is 735. The summed E-state index contributed by atoms with van der Waals surface area (Å²) in [5, 5.41) is 12.3. The van der Waals surface area contributed by atoms with Gasteiger partial charge in [0.1, 0.15) is 5.60 Å². The summed E-state index contributed by atoms with van der Waals surface area (Å²) < 4.78 is 6.06.